The number of aromatic nitrogens is 2. The summed E-state index contributed by atoms with van der Waals surface area (Å²) in [5.41, 5.74) is 16.5. The van der Waals surface area contributed by atoms with Crippen LogP contribution in [-0.4, -0.2) is 9.13 Å². The Hall–Kier alpha value is -6.88. The van der Waals surface area contributed by atoms with Crippen LogP contribution in [0.15, 0.2) is 163 Å². The van der Waals surface area contributed by atoms with Gasteiger partial charge in [-0.15, -0.1) is 11.3 Å². The number of aryl methyl sites for hydroxylation is 3. The molecule has 0 aliphatic heterocycles. The second-order valence-corrected chi connectivity index (χ2v) is 19.6. The van der Waals surface area contributed by atoms with Gasteiger partial charge < -0.3 is 13.9 Å². The molecule has 0 amide bonds. The first kappa shape index (κ1) is 38.8. The normalized spacial score (nSPS) is 17.4. The molecule has 3 atom stereocenters. The molecular formula is C60H50N2OS. The summed E-state index contributed by atoms with van der Waals surface area (Å²) >= 11 is 1.91. The van der Waals surface area contributed by atoms with E-state index in [-0.39, 0.29) is 6.04 Å². The van der Waals surface area contributed by atoms with Gasteiger partial charge in [-0.25, -0.2) is 0 Å². The van der Waals surface area contributed by atoms with E-state index in [4.69, 9.17) is 4.74 Å². The van der Waals surface area contributed by atoms with Crippen LogP contribution >= 0.6 is 11.3 Å². The molecule has 3 aromatic heterocycles. The van der Waals surface area contributed by atoms with Crippen LogP contribution in [0.5, 0.6) is 11.5 Å². The monoisotopic (exact) mass is 846 g/mol. The minimum absolute atomic E-state index is 0.186. The van der Waals surface area contributed by atoms with Crippen molar-refractivity contribution >= 4 is 77.2 Å². The molecule has 3 nitrogen and oxygen atoms in total. The second-order valence-electron chi connectivity index (χ2n) is 18.5. The van der Waals surface area contributed by atoms with Crippen molar-refractivity contribution in [2.75, 3.05) is 0 Å². The molecule has 0 radical (unpaired) electrons. The van der Waals surface area contributed by atoms with Crippen molar-refractivity contribution in [1.29, 1.82) is 0 Å². The largest absolute Gasteiger partial charge is 0.457 e. The molecule has 2 aliphatic carbocycles. The summed E-state index contributed by atoms with van der Waals surface area (Å²) < 4.78 is 14.7. The van der Waals surface area contributed by atoms with Crippen LogP contribution in [0.3, 0.4) is 0 Å². The lowest BCUT2D eigenvalue weighted by atomic mass is 9.77. The van der Waals surface area contributed by atoms with Crippen LogP contribution in [0.2, 0.25) is 0 Å². The minimum atomic E-state index is 0.186. The Labute approximate surface area is 378 Å². The van der Waals surface area contributed by atoms with E-state index < -0.39 is 0 Å². The van der Waals surface area contributed by atoms with Crippen molar-refractivity contribution in [2.24, 2.45) is 5.92 Å². The smallest absolute Gasteiger partial charge is 0.128 e. The van der Waals surface area contributed by atoms with Crippen LogP contribution in [-0.2, 0) is 0 Å². The zero-order valence-corrected chi connectivity index (χ0v) is 38.1. The number of benzene rings is 7. The first-order valence-corrected chi connectivity index (χ1v) is 23.5. The summed E-state index contributed by atoms with van der Waals surface area (Å²) in [5.74, 6) is 2.41. The molecule has 0 fully saturated rings. The van der Waals surface area contributed by atoms with Gasteiger partial charge >= 0.3 is 0 Å². The van der Waals surface area contributed by atoms with E-state index in [1.165, 1.54) is 102 Å². The van der Waals surface area contributed by atoms with Gasteiger partial charge in [0.1, 0.15) is 11.5 Å². The molecule has 2 aliphatic rings. The molecule has 4 heteroatoms. The number of rotatable bonds is 6. The van der Waals surface area contributed by atoms with E-state index >= 15 is 0 Å². The number of thiophene rings is 1. The predicted octanol–water partition coefficient (Wildman–Crippen LogP) is 15.3. The molecule has 12 rings (SSSR count). The summed E-state index contributed by atoms with van der Waals surface area (Å²) in [5, 5.41) is 7.58. The van der Waals surface area contributed by atoms with Crippen LogP contribution in [0, 0.1) is 26.7 Å². The number of allylic oxidation sites excluding steroid dienone is 4. The lowest BCUT2D eigenvalue weighted by molar-refractivity contribution is 0.484. The summed E-state index contributed by atoms with van der Waals surface area (Å²) in [4.78, 5) is 0. The lowest BCUT2D eigenvalue weighted by Gasteiger charge is -2.27. The Morgan fingerprint density at radius 1 is 0.594 bits per heavy atom. The number of para-hydroxylation sites is 1. The first-order chi connectivity index (χ1) is 31.2. The van der Waals surface area contributed by atoms with Gasteiger partial charge in [-0.2, -0.15) is 0 Å². The number of fused-ring (bicyclic) bond motifs is 9. The van der Waals surface area contributed by atoms with Crippen molar-refractivity contribution in [1.82, 2.24) is 9.13 Å². The number of hydrogen-bond donors (Lipinski definition) is 0. The summed E-state index contributed by atoms with van der Waals surface area (Å²) in [6.45, 7) is 13.5. The molecule has 10 aromatic rings. The third-order valence-electron chi connectivity index (χ3n) is 14.0. The molecule has 0 N–H and O–H groups in total. The Morgan fingerprint density at radius 2 is 1.23 bits per heavy atom. The average molecular weight is 847 g/mol. The summed E-state index contributed by atoms with van der Waals surface area (Å²) in [7, 11) is 0. The molecule has 0 spiro atoms. The topological polar surface area (TPSA) is 19.1 Å². The van der Waals surface area contributed by atoms with Gasteiger partial charge in [0.15, 0.2) is 0 Å². The quantitative estimate of drug-likeness (QED) is 0.163. The van der Waals surface area contributed by atoms with Crippen LogP contribution < -0.4 is 14.5 Å². The molecular weight excluding hydrogens is 797 g/mol. The zero-order chi connectivity index (χ0) is 43.4. The zero-order valence-electron chi connectivity index (χ0n) is 37.2. The highest BCUT2D eigenvalue weighted by Gasteiger charge is 2.26. The third-order valence-corrected chi connectivity index (χ3v) is 15.2. The van der Waals surface area contributed by atoms with Gasteiger partial charge in [0, 0.05) is 58.8 Å². The van der Waals surface area contributed by atoms with Gasteiger partial charge in [0.05, 0.1) is 17.1 Å². The maximum Gasteiger partial charge on any atom is 0.128 e. The van der Waals surface area contributed by atoms with E-state index in [1.54, 1.807) is 0 Å². The standard InChI is InChI=1S/C60H50N2OS/c1-35-26-37(3)59(38(4)27-35)41-16-21-53-48(30-41)50-33-45(19-23-55(50)61(53)43-12-8-7-9-13-43)63-46-20-24-56-51(34-46)49-31-42(60-39(5)28-36(2)29-40(60)6)17-22-54(49)62(56)44-18-25-58-52(32-44)47-14-10-11-15-57(47)64-58/h7-17,19-34,39,44,60H,18H2,1-6H3. The van der Waals surface area contributed by atoms with E-state index in [0.717, 1.165) is 29.1 Å². The van der Waals surface area contributed by atoms with Crippen LogP contribution in [0.4, 0.5) is 0 Å². The second kappa shape index (κ2) is 14.9. The predicted molar refractivity (Wildman–Crippen MR) is 273 cm³/mol. The third kappa shape index (κ3) is 6.22. The lowest BCUT2D eigenvalue weighted by Crippen LogP contribution is -2.25. The van der Waals surface area contributed by atoms with Crippen molar-refractivity contribution in [3.63, 3.8) is 0 Å². The van der Waals surface area contributed by atoms with Gasteiger partial charge in [0.2, 0.25) is 0 Å². The molecule has 312 valence electrons. The molecule has 3 heterocycles. The SMILES string of the molecule is CC1=CC(C)C(c2ccc3c(c2)c2cc(Oc4ccc5c(c4)c4cc(-c6c(C)cc(C)cc6C)ccc4n5-c4ccccc4)ccc2n3C2C=c3c(sc4ccccc34)=CC2)C(C)=C1. The van der Waals surface area contributed by atoms with Crippen LogP contribution in [0.25, 0.3) is 82.7 Å². The molecule has 0 saturated heterocycles. The fourth-order valence-electron chi connectivity index (χ4n) is 11.6. The highest BCUT2D eigenvalue weighted by Crippen LogP contribution is 2.44. The Bertz CT molecular complexity index is 3740. The summed E-state index contributed by atoms with van der Waals surface area (Å²) in [6, 6.07) is 51.9. The van der Waals surface area contributed by atoms with Crippen LogP contribution in [0.1, 0.15) is 61.4 Å². The van der Waals surface area contributed by atoms with Gasteiger partial charge in [0.25, 0.3) is 0 Å². The Kier molecular flexibility index (Phi) is 9.00. The number of nitrogens with zero attached hydrogens (tertiary/aromatic N) is 2. The van der Waals surface area contributed by atoms with Crippen molar-refractivity contribution in [2.45, 2.75) is 59.9 Å². The Morgan fingerprint density at radius 3 is 1.98 bits per heavy atom. The van der Waals surface area contributed by atoms with Crippen molar-refractivity contribution < 1.29 is 4.74 Å². The molecule has 3 unspecified atom stereocenters. The Balaban J connectivity index is 1.01. The fourth-order valence-corrected chi connectivity index (χ4v) is 12.7. The van der Waals surface area contributed by atoms with Gasteiger partial charge in [-0.3, -0.25) is 0 Å². The molecule has 64 heavy (non-hydrogen) atoms. The number of hydrogen-bond acceptors (Lipinski definition) is 2. The van der Waals surface area contributed by atoms with Gasteiger partial charge in [-0.05, 0) is 159 Å². The highest BCUT2D eigenvalue weighted by atomic mass is 32.1. The maximum atomic E-state index is 6.96. The fraction of sp³-hybridized carbons (Fsp3) is 0.167. The first-order valence-electron chi connectivity index (χ1n) is 22.7. The van der Waals surface area contributed by atoms with Gasteiger partial charge in [-0.1, -0.05) is 109 Å². The van der Waals surface area contributed by atoms with E-state index in [9.17, 15) is 0 Å². The van der Waals surface area contributed by atoms with E-state index in [0.29, 0.717) is 11.8 Å². The highest BCUT2D eigenvalue weighted by molar-refractivity contribution is 7.17. The number of ether oxygens (including phenoxy) is 1. The average Bonchev–Trinajstić information content (AvgIpc) is 3.93. The maximum absolute atomic E-state index is 6.96. The molecule has 0 saturated carbocycles. The minimum Gasteiger partial charge on any atom is -0.457 e. The molecule has 7 aromatic carbocycles. The summed E-state index contributed by atoms with van der Waals surface area (Å²) in [6.07, 6.45) is 10.7. The van der Waals surface area contributed by atoms with Crippen molar-refractivity contribution in [3.05, 3.63) is 195 Å². The van der Waals surface area contributed by atoms with E-state index in [1.807, 2.05) is 11.3 Å². The molecule has 0 bridgehead atoms. The van der Waals surface area contributed by atoms with Crippen molar-refractivity contribution in [3.8, 4) is 28.3 Å². The van der Waals surface area contributed by atoms with E-state index in [2.05, 4.69) is 215 Å².